The van der Waals surface area contributed by atoms with E-state index in [0.29, 0.717) is 23.9 Å². The molecule has 6 heteroatoms. The Morgan fingerprint density at radius 3 is 2.71 bits per heavy atom. The second-order valence-electron chi connectivity index (χ2n) is 10.2. The second-order valence-corrected chi connectivity index (χ2v) is 10.2. The third-order valence-corrected chi connectivity index (χ3v) is 7.77. The molecule has 3 fully saturated rings. The van der Waals surface area contributed by atoms with Gasteiger partial charge in [0, 0.05) is 36.3 Å². The fraction of sp³-hybridized carbons (Fsp3) is 0.640. The Labute approximate surface area is 185 Å². The maximum atomic E-state index is 13.4. The summed E-state index contributed by atoms with van der Waals surface area (Å²) in [6.07, 6.45) is 9.36. The fourth-order valence-electron chi connectivity index (χ4n) is 6.27. The molecule has 4 heterocycles. The standard InChI is InChI=1S/C25H35N5O/c1-17(2)6-11-23-21-13-20(22-5-3-4-12-30(22)23)14-29(15-21)25(31)19-9-7-18(8-10-19)24-26-16-27-28-24/h7-10,16-17,20-23H,3-6,11-15H2,1-2H3,(H,26,27,28)/t20-,21+,22+,23+/m1/s1. The summed E-state index contributed by atoms with van der Waals surface area (Å²) in [5.74, 6) is 2.91. The highest BCUT2D eigenvalue weighted by molar-refractivity contribution is 5.94. The summed E-state index contributed by atoms with van der Waals surface area (Å²) in [6, 6.07) is 9.13. The van der Waals surface area contributed by atoms with Crippen LogP contribution in [0.2, 0.25) is 0 Å². The lowest BCUT2D eigenvalue weighted by Crippen LogP contribution is -2.64. The maximum Gasteiger partial charge on any atom is 0.253 e. The number of carbonyl (C=O) groups is 1. The third-order valence-electron chi connectivity index (χ3n) is 7.77. The van der Waals surface area contributed by atoms with Gasteiger partial charge in [0.1, 0.15) is 6.33 Å². The highest BCUT2D eigenvalue weighted by atomic mass is 16.2. The summed E-state index contributed by atoms with van der Waals surface area (Å²) >= 11 is 0. The van der Waals surface area contributed by atoms with E-state index >= 15 is 0 Å². The number of aromatic nitrogens is 3. The molecule has 0 unspecified atom stereocenters. The number of carbonyl (C=O) groups excluding carboxylic acids is 1. The number of amides is 1. The maximum absolute atomic E-state index is 13.4. The number of hydrogen-bond donors (Lipinski definition) is 1. The third kappa shape index (κ3) is 4.14. The van der Waals surface area contributed by atoms with E-state index < -0.39 is 0 Å². The largest absolute Gasteiger partial charge is 0.338 e. The summed E-state index contributed by atoms with van der Waals surface area (Å²) in [6.45, 7) is 7.75. The number of nitrogens with zero attached hydrogens (tertiary/aromatic N) is 4. The predicted molar refractivity (Wildman–Crippen MR) is 122 cm³/mol. The Hall–Kier alpha value is -2.21. The Morgan fingerprint density at radius 2 is 1.97 bits per heavy atom. The van der Waals surface area contributed by atoms with E-state index in [1.807, 2.05) is 24.3 Å². The molecule has 6 nitrogen and oxygen atoms in total. The van der Waals surface area contributed by atoms with Crippen molar-refractivity contribution in [3.05, 3.63) is 36.2 Å². The van der Waals surface area contributed by atoms with E-state index in [-0.39, 0.29) is 5.91 Å². The van der Waals surface area contributed by atoms with Crippen molar-refractivity contribution in [2.24, 2.45) is 17.8 Å². The number of nitrogens with one attached hydrogen (secondary N) is 1. The quantitative estimate of drug-likeness (QED) is 0.785. The zero-order chi connectivity index (χ0) is 21.4. The number of rotatable bonds is 5. The molecule has 1 aromatic heterocycles. The number of piperidine rings is 3. The monoisotopic (exact) mass is 421 g/mol. The Morgan fingerprint density at radius 1 is 1.16 bits per heavy atom. The van der Waals surface area contributed by atoms with Crippen molar-refractivity contribution in [1.82, 2.24) is 25.0 Å². The molecule has 5 rings (SSSR count). The van der Waals surface area contributed by atoms with Gasteiger partial charge in [-0.2, -0.15) is 5.10 Å². The van der Waals surface area contributed by atoms with E-state index in [9.17, 15) is 4.79 Å². The van der Waals surface area contributed by atoms with Crippen LogP contribution >= 0.6 is 0 Å². The summed E-state index contributed by atoms with van der Waals surface area (Å²) < 4.78 is 0. The predicted octanol–water partition coefficient (Wildman–Crippen LogP) is 4.22. The van der Waals surface area contributed by atoms with Gasteiger partial charge >= 0.3 is 0 Å². The number of likely N-dealkylation sites (tertiary alicyclic amines) is 1. The second kappa shape index (κ2) is 8.73. The Bertz CT molecular complexity index is 878. The molecule has 2 aromatic rings. The van der Waals surface area contributed by atoms with E-state index in [1.54, 1.807) is 0 Å². The van der Waals surface area contributed by atoms with Crippen molar-refractivity contribution in [2.45, 2.75) is 64.5 Å². The molecule has 0 radical (unpaired) electrons. The first kappa shape index (κ1) is 20.7. The zero-order valence-electron chi connectivity index (χ0n) is 18.8. The van der Waals surface area contributed by atoms with Gasteiger partial charge in [-0.25, -0.2) is 4.98 Å². The van der Waals surface area contributed by atoms with Crippen molar-refractivity contribution in [2.75, 3.05) is 19.6 Å². The van der Waals surface area contributed by atoms with Gasteiger partial charge in [-0.05, 0) is 68.5 Å². The first-order valence-corrected chi connectivity index (χ1v) is 12.1. The lowest BCUT2D eigenvalue weighted by molar-refractivity contribution is -0.0681. The Balaban J connectivity index is 1.33. The summed E-state index contributed by atoms with van der Waals surface area (Å²) in [5.41, 5.74) is 1.73. The van der Waals surface area contributed by atoms with Gasteiger partial charge in [-0.3, -0.25) is 14.8 Å². The van der Waals surface area contributed by atoms with Gasteiger partial charge in [-0.15, -0.1) is 0 Å². The molecule has 0 spiro atoms. The number of aromatic amines is 1. The van der Waals surface area contributed by atoms with Gasteiger partial charge in [0.2, 0.25) is 0 Å². The topological polar surface area (TPSA) is 65.1 Å². The molecule has 1 N–H and O–H groups in total. The molecule has 31 heavy (non-hydrogen) atoms. The van der Waals surface area contributed by atoms with Crippen LogP contribution in [0.4, 0.5) is 0 Å². The van der Waals surface area contributed by atoms with Crippen LogP contribution < -0.4 is 0 Å². The number of fused-ring (bicyclic) bond motifs is 4. The molecule has 3 aliphatic rings. The van der Waals surface area contributed by atoms with Crippen LogP contribution in [-0.2, 0) is 0 Å². The molecular formula is C25H35N5O. The smallest absolute Gasteiger partial charge is 0.253 e. The minimum Gasteiger partial charge on any atom is -0.338 e. The van der Waals surface area contributed by atoms with E-state index in [1.165, 1.54) is 51.4 Å². The average Bonchev–Trinajstić information content (AvgIpc) is 3.33. The Kier molecular flexibility index (Phi) is 5.83. The number of hydrogen-bond acceptors (Lipinski definition) is 4. The van der Waals surface area contributed by atoms with Crippen molar-refractivity contribution in [1.29, 1.82) is 0 Å². The molecular weight excluding hydrogens is 386 g/mol. The number of benzene rings is 1. The summed E-state index contributed by atoms with van der Waals surface area (Å²) in [4.78, 5) is 22.7. The van der Waals surface area contributed by atoms with Crippen LogP contribution in [0.1, 0.15) is 62.7 Å². The molecule has 3 aliphatic heterocycles. The van der Waals surface area contributed by atoms with E-state index in [0.717, 1.165) is 36.0 Å². The first-order valence-electron chi connectivity index (χ1n) is 12.1. The summed E-state index contributed by atoms with van der Waals surface area (Å²) in [7, 11) is 0. The van der Waals surface area contributed by atoms with Crippen LogP contribution in [0, 0.1) is 17.8 Å². The van der Waals surface area contributed by atoms with Gasteiger partial charge in [0.15, 0.2) is 5.82 Å². The van der Waals surface area contributed by atoms with Crippen molar-refractivity contribution in [3.63, 3.8) is 0 Å². The fourth-order valence-corrected chi connectivity index (χ4v) is 6.27. The molecule has 166 valence electrons. The molecule has 4 atom stereocenters. The first-order chi connectivity index (χ1) is 15.1. The minimum atomic E-state index is 0.186. The lowest BCUT2D eigenvalue weighted by Gasteiger charge is -2.57. The van der Waals surface area contributed by atoms with Gasteiger partial charge in [0.05, 0.1) is 0 Å². The molecule has 1 aromatic carbocycles. The highest BCUT2D eigenvalue weighted by Crippen LogP contribution is 2.43. The van der Waals surface area contributed by atoms with Gasteiger partial charge in [0.25, 0.3) is 5.91 Å². The average molecular weight is 422 g/mol. The molecule has 0 saturated carbocycles. The highest BCUT2D eigenvalue weighted by Gasteiger charge is 2.47. The van der Waals surface area contributed by atoms with Crippen molar-refractivity contribution in [3.8, 4) is 11.4 Å². The normalized spacial score (nSPS) is 28.5. The van der Waals surface area contributed by atoms with Crippen LogP contribution in [0.5, 0.6) is 0 Å². The van der Waals surface area contributed by atoms with E-state index in [2.05, 4.69) is 38.8 Å². The van der Waals surface area contributed by atoms with Crippen LogP contribution in [0.25, 0.3) is 11.4 Å². The SMILES string of the molecule is CC(C)CC[C@H]1[C@H]2C[C@H](CN(C(=O)c3ccc(-c4ncn[nH]4)cc3)C2)[C@@H]2CCCCN21. The lowest BCUT2D eigenvalue weighted by atomic mass is 9.71. The van der Waals surface area contributed by atoms with Crippen LogP contribution in [-0.4, -0.2) is 62.6 Å². The van der Waals surface area contributed by atoms with Crippen molar-refractivity contribution >= 4 is 5.91 Å². The summed E-state index contributed by atoms with van der Waals surface area (Å²) in [5, 5.41) is 6.79. The molecule has 2 bridgehead atoms. The van der Waals surface area contributed by atoms with E-state index in [4.69, 9.17) is 0 Å². The molecule has 0 aliphatic carbocycles. The zero-order valence-corrected chi connectivity index (χ0v) is 18.8. The number of H-pyrrole nitrogens is 1. The van der Waals surface area contributed by atoms with Crippen LogP contribution in [0.3, 0.4) is 0 Å². The molecule has 1 amide bonds. The van der Waals surface area contributed by atoms with Gasteiger partial charge < -0.3 is 4.90 Å². The molecule has 3 saturated heterocycles. The van der Waals surface area contributed by atoms with Crippen LogP contribution in [0.15, 0.2) is 30.6 Å². The van der Waals surface area contributed by atoms with Crippen molar-refractivity contribution < 1.29 is 4.79 Å². The minimum absolute atomic E-state index is 0.186. The van der Waals surface area contributed by atoms with Gasteiger partial charge in [-0.1, -0.05) is 32.4 Å².